The predicted molar refractivity (Wildman–Crippen MR) is 58.9 cm³/mol. The zero-order chi connectivity index (χ0) is 12.2. The third-order valence-electron chi connectivity index (χ3n) is 3.29. The number of carbonyl (C=O) groups excluding carboxylic acids is 1. The molecule has 5 nitrogen and oxygen atoms in total. The Morgan fingerprint density at radius 2 is 2.06 bits per heavy atom. The fraction of sp³-hybridized carbons (Fsp3) is 0.909. The number of carbonyl (C=O) groups is 1. The maximum Gasteiger partial charge on any atom is 0.323 e. The van der Waals surface area contributed by atoms with E-state index in [9.17, 15) is 15.0 Å². The number of esters is 1. The second-order valence-electron chi connectivity index (χ2n) is 4.43. The lowest BCUT2D eigenvalue weighted by atomic mass is 9.96. The molecule has 0 aliphatic heterocycles. The molecule has 0 heterocycles. The molecule has 0 spiro atoms. The molecule has 1 fully saturated rings. The topological polar surface area (TPSA) is 78.8 Å². The minimum Gasteiger partial charge on any atom is -0.468 e. The van der Waals surface area contributed by atoms with E-state index in [0.29, 0.717) is 6.42 Å². The average Bonchev–Trinajstić information content (AvgIpc) is 3.15. The Kier molecular flexibility index (Phi) is 4.70. The molecule has 0 radical (unpaired) electrons. The maximum atomic E-state index is 11.6. The standard InChI is InChI=1S/C11H21NO4/c1-3-11(6-13,7-14)12-9(8-4-5-8)10(15)16-2/h8-9,12-14H,3-7H2,1-2H3. The molecule has 0 aromatic carbocycles. The van der Waals surface area contributed by atoms with Crippen LogP contribution in [0.25, 0.3) is 0 Å². The van der Waals surface area contributed by atoms with Crippen LogP contribution in [0.5, 0.6) is 0 Å². The Bertz CT molecular complexity index is 228. The lowest BCUT2D eigenvalue weighted by Crippen LogP contribution is -2.58. The summed E-state index contributed by atoms with van der Waals surface area (Å²) in [4.78, 5) is 11.6. The molecule has 3 N–H and O–H groups in total. The number of methoxy groups -OCH3 is 1. The van der Waals surface area contributed by atoms with Crippen LogP contribution in [-0.2, 0) is 9.53 Å². The van der Waals surface area contributed by atoms with Crippen LogP contribution in [0.1, 0.15) is 26.2 Å². The monoisotopic (exact) mass is 231 g/mol. The van der Waals surface area contributed by atoms with E-state index in [0.717, 1.165) is 12.8 Å². The molecule has 1 saturated carbocycles. The minimum atomic E-state index is -0.790. The van der Waals surface area contributed by atoms with E-state index in [-0.39, 0.29) is 25.1 Å². The average molecular weight is 231 g/mol. The number of nitrogens with one attached hydrogen (secondary N) is 1. The van der Waals surface area contributed by atoms with Gasteiger partial charge >= 0.3 is 5.97 Å². The first-order chi connectivity index (χ1) is 7.62. The van der Waals surface area contributed by atoms with Gasteiger partial charge in [0, 0.05) is 0 Å². The van der Waals surface area contributed by atoms with E-state index in [2.05, 4.69) is 5.32 Å². The summed E-state index contributed by atoms with van der Waals surface area (Å²) in [5.41, 5.74) is -0.790. The van der Waals surface area contributed by atoms with Gasteiger partial charge in [-0.2, -0.15) is 0 Å². The van der Waals surface area contributed by atoms with Crippen molar-refractivity contribution in [1.29, 1.82) is 0 Å². The van der Waals surface area contributed by atoms with Gasteiger partial charge in [-0.05, 0) is 25.2 Å². The van der Waals surface area contributed by atoms with E-state index in [1.807, 2.05) is 6.92 Å². The summed E-state index contributed by atoms with van der Waals surface area (Å²) in [5.74, 6) is -0.0429. The first kappa shape index (κ1) is 13.4. The second kappa shape index (κ2) is 5.61. The highest BCUT2D eigenvalue weighted by Gasteiger charge is 2.41. The molecule has 0 aromatic heterocycles. The molecule has 1 atom stereocenters. The number of aliphatic hydroxyl groups is 2. The van der Waals surface area contributed by atoms with Gasteiger partial charge in [0.15, 0.2) is 0 Å². The highest BCUT2D eigenvalue weighted by molar-refractivity contribution is 5.76. The van der Waals surface area contributed by atoms with E-state index in [1.54, 1.807) is 0 Å². The summed E-state index contributed by atoms with van der Waals surface area (Å²) >= 11 is 0. The smallest absolute Gasteiger partial charge is 0.323 e. The molecule has 0 amide bonds. The van der Waals surface area contributed by atoms with Gasteiger partial charge in [0.25, 0.3) is 0 Å². The molecule has 1 rings (SSSR count). The van der Waals surface area contributed by atoms with Crippen molar-refractivity contribution < 1.29 is 19.7 Å². The summed E-state index contributed by atoms with van der Waals surface area (Å²) in [6.45, 7) is 1.47. The number of aliphatic hydroxyl groups excluding tert-OH is 2. The van der Waals surface area contributed by atoms with Gasteiger partial charge in [-0.15, -0.1) is 0 Å². The lowest BCUT2D eigenvalue weighted by molar-refractivity contribution is -0.144. The van der Waals surface area contributed by atoms with Gasteiger partial charge in [0.1, 0.15) is 6.04 Å². The van der Waals surface area contributed by atoms with E-state index in [1.165, 1.54) is 7.11 Å². The number of ether oxygens (including phenoxy) is 1. The summed E-state index contributed by atoms with van der Waals surface area (Å²) in [7, 11) is 1.35. The molecule has 5 heteroatoms. The molecule has 0 bridgehead atoms. The van der Waals surface area contributed by atoms with Crippen molar-refractivity contribution in [2.24, 2.45) is 5.92 Å². The Labute approximate surface area is 95.8 Å². The number of rotatable bonds is 7. The van der Waals surface area contributed by atoms with E-state index < -0.39 is 11.6 Å². The molecule has 0 saturated heterocycles. The van der Waals surface area contributed by atoms with Crippen LogP contribution in [0.3, 0.4) is 0 Å². The van der Waals surface area contributed by atoms with Crippen LogP contribution in [0.4, 0.5) is 0 Å². The highest BCUT2D eigenvalue weighted by atomic mass is 16.5. The fourth-order valence-electron chi connectivity index (χ4n) is 1.72. The van der Waals surface area contributed by atoms with E-state index in [4.69, 9.17) is 4.74 Å². The first-order valence-corrected chi connectivity index (χ1v) is 5.69. The van der Waals surface area contributed by atoms with Crippen molar-refractivity contribution in [3.63, 3.8) is 0 Å². The van der Waals surface area contributed by atoms with Crippen molar-refractivity contribution in [1.82, 2.24) is 5.32 Å². The molecular weight excluding hydrogens is 210 g/mol. The van der Waals surface area contributed by atoms with Gasteiger partial charge < -0.3 is 14.9 Å². The van der Waals surface area contributed by atoms with Crippen molar-refractivity contribution in [3.05, 3.63) is 0 Å². The highest BCUT2D eigenvalue weighted by Crippen LogP contribution is 2.34. The Morgan fingerprint density at radius 3 is 2.38 bits per heavy atom. The van der Waals surface area contributed by atoms with Gasteiger partial charge in [0.2, 0.25) is 0 Å². The predicted octanol–water partition coefficient (Wildman–Crippen LogP) is -0.339. The van der Waals surface area contributed by atoms with Crippen molar-refractivity contribution >= 4 is 5.97 Å². The summed E-state index contributed by atoms with van der Waals surface area (Å²) in [5, 5.41) is 21.7. The van der Waals surface area contributed by atoms with Crippen molar-refractivity contribution in [2.45, 2.75) is 37.8 Å². The summed E-state index contributed by atoms with van der Waals surface area (Å²) < 4.78 is 4.73. The van der Waals surface area contributed by atoms with Crippen LogP contribution in [0.2, 0.25) is 0 Å². The molecule has 1 unspecified atom stereocenters. The lowest BCUT2D eigenvalue weighted by Gasteiger charge is -2.33. The summed E-state index contributed by atoms with van der Waals surface area (Å²) in [6.07, 6.45) is 2.53. The van der Waals surface area contributed by atoms with Crippen LogP contribution < -0.4 is 5.32 Å². The second-order valence-corrected chi connectivity index (χ2v) is 4.43. The molecule has 16 heavy (non-hydrogen) atoms. The van der Waals surface area contributed by atoms with E-state index >= 15 is 0 Å². The van der Waals surface area contributed by atoms with Gasteiger partial charge in [-0.3, -0.25) is 10.1 Å². The zero-order valence-corrected chi connectivity index (χ0v) is 9.90. The number of hydrogen-bond donors (Lipinski definition) is 3. The Hall–Kier alpha value is -0.650. The Morgan fingerprint density at radius 1 is 1.50 bits per heavy atom. The zero-order valence-electron chi connectivity index (χ0n) is 9.90. The molecule has 1 aliphatic rings. The van der Waals surface area contributed by atoms with Gasteiger partial charge in [-0.25, -0.2) is 0 Å². The van der Waals surface area contributed by atoms with Crippen molar-refractivity contribution in [2.75, 3.05) is 20.3 Å². The quantitative estimate of drug-likeness (QED) is 0.522. The third kappa shape index (κ3) is 2.93. The molecular formula is C11H21NO4. The van der Waals surface area contributed by atoms with Crippen LogP contribution >= 0.6 is 0 Å². The normalized spacial score (nSPS) is 18.2. The SMILES string of the molecule is CCC(CO)(CO)NC(C(=O)OC)C1CC1. The molecule has 1 aliphatic carbocycles. The van der Waals surface area contributed by atoms with Crippen LogP contribution in [0.15, 0.2) is 0 Å². The minimum absolute atomic E-state index is 0.194. The summed E-state index contributed by atoms with van der Waals surface area (Å²) in [6, 6.07) is -0.413. The van der Waals surface area contributed by atoms with Crippen molar-refractivity contribution in [3.8, 4) is 0 Å². The van der Waals surface area contributed by atoms with Crippen LogP contribution in [0, 0.1) is 5.92 Å². The Balaban J connectivity index is 2.68. The number of hydrogen-bond acceptors (Lipinski definition) is 5. The maximum absolute atomic E-state index is 11.6. The fourth-order valence-corrected chi connectivity index (χ4v) is 1.72. The van der Waals surface area contributed by atoms with Gasteiger partial charge in [-0.1, -0.05) is 6.92 Å². The molecule has 0 aromatic rings. The first-order valence-electron chi connectivity index (χ1n) is 5.69. The third-order valence-corrected chi connectivity index (χ3v) is 3.29. The molecule has 94 valence electrons. The largest absolute Gasteiger partial charge is 0.468 e. The van der Waals surface area contributed by atoms with Crippen LogP contribution in [-0.4, -0.2) is 48.1 Å². The van der Waals surface area contributed by atoms with Gasteiger partial charge in [0.05, 0.1) is 25.9 Å².